The van der Waals surface area contributed by atoms with Crippen LogP contribution in [0, 0.1) is 0 Å². The fraction of sp³-hybridized carbons (Fsp3) is 0.0500. The molecule has 2 aromatic carbocycles. The highest BCUT2D eigenvalue weighted by atomic mass is 32.1. The van der Waals surface area contributed by atoms with Gasteiger partial charge in [0.1, 0.15) is 0 Å². The van der Waals surface area contributed by atoms with Crippen LogP contribution in [-0.2, 0) is 11.3 Å². The van der Waals surface area contributed by atoms with Crippen LogP contribution in [0.3, 0.4) is 0 Å². The van der Waals surface area contributed by atoms with Crippen LogP contribution in [0.15, 0.2) is 83.6 Å². The van der Waals surface area contributed by atoms with Crippen molar-refractivity contribution in [3.63, 3.8) is 0 Å². The smallest absolute Gasteiger partial charge is 0.262 e. The lowest BCUT2D eigenvalue weighted by atomic mass is 10.2. The topological polar surface area (TPSA) is 32.3 Å². The van der Waals surface area contributed by atoms with Gasteiger partial charge in [0.05, 0.1) is 12.2 Å². The highest BCUT2D eigenvalue weighted by Crippen LogP contribution is 2.15. The van der Waals surface area contributed by atoms with Gasteiger partial charge in [-0.1, -0.05) is 48.5 Å². The number of carbonyl (C=O) groups is 1. The zero-order chi connectivity index (χ0) is 16.6. The number of nitrogens with one attached hydrogen (secondary N) is 1. The third kappa shape index (κ3) is 4.57. The molecule has 0 bridgehead atoms. The van der Waals surface area contributed by atoms with E-state index in [0.29, 0.717) is 6.54 Å². The van der Waals surface area contributed by atoms with E-state index in [1.54, 1.807) is 17.4 Å². The summed E-state index contributed by atoms with van der Waals surface area (Å²) >= 11 is 1.61. The number of rotatable bonds is 6. The maximum absolute atomic E-state index is 12.3. The second-order valence-corrected chi connectivity index (χ2v) is 6.05. The highest BCUT2D eigenvalue weighted by molar-refractivity contribution is 7.08. The lowest BCUT2D eigenvalue weighted by Gasteiger charge is -2.25. The monoisotopic (exact) mass is 334 g/mol. The lowest BCUT2D eigenvalue weighted by molar-refractivity contribution is -0.116. The van der Waals surface area contributed by atoms with Gasteiger partial charge in [-0.05, 0) is 46.2 Å². The molecule has 0 aliphatic carbocycles. The molecule has 3 aromatic rings. The third-order valence-corrected chi connectivity index (χ3v) is 4.17. The minimum absolute atomic E-state index is 0.152. The number of thiophene rings is 1. The van der Waals surface area contributed by atoms with Crippen LogP contribution in [0.25, 0.3) is 6.08 Å². The maximum atomic E-state index is 12.3. The first-order valence-corrected chi connectivity index (χ1v) is 8.63. The molecule has 0 spiro atoms. The number of hydrogen-bond acceptors (Lipinski definition) is 3. The van der Waals surface area contributed by atoms with E-state index in [0.717, 1.165) is 16.8 Å². The van der Waals surface area contributed by atoms with Crippen LogP contribution in [0.2, 0.25) is 0 Å². The van der Waals surface area contributed by atoms with Gasteiger partial charge in [-0.25, -0.2) is 0 Å². The Kier molecular flexibility index (Phi) is 5.43. The molecule has 3 rings (SSSR count). The van der Waals surface area contributed by atoms with Gasteiger partial charge in [0.15, 0.2) is 0 Å². The molecule has 0 saturated heterocycles. The van der Waals surface area contributed by atoms with Gasteiger partial charge >= 0.3 is 0 Å². The summed E-state index contributed by atoms with van der Waals surface area (Å²) in [6, 6.07) is 21.9. The largest absolute Gasteiger partial charge is 0.281 e. The Morgan fingerprint density at radius 2 is 1.71 bits per heavy atom. The average molecular weight is 334 g/mol. The Hall–Kier alpha value is -2.85. The first-order chi connectivity index (χ1) is 11.8. The Morgan fingerprint density at radius 1 is 1.00 bits per heavy atom. The van der Waals surface area contributed by atoms with E-state index >= 15 is 0 Å². The van der Waals surface area contributed by atoms with E-state index in [9.17, 15) is 4.79 Å². The highest BCUT2D eigenvalue weighted by Gasteiger charge is 2.09. The molecule has 0 aliphatic heterocycles. The summed E-state index contributed by atoms with van der Waals surface area (Å²) in [6.45, 7) is 0.600. The summed E-state index contributed by atoms with van der Waals surface area (Å²) in [5.74, 6) is -0.152. The SMILES string of the molecule is O=C(C=Cc1ccsc1)NN(Cc1ccccc1)c1ccccc1. The number of para-hydroxylation sites is 1. The molecule has 1 N–H and O–H groups in total. The van der Waals surface area contributed by atoms with Crippen molar-refractivity contribution in [2.45, 2.75) is 6.54 Å². The van der Waals surface area contributed by atoms with Crippen molar-refractivity contribution in [3.8, 4) is 0 Å². The molecule has 120 valence electrons. The van der Waals surface area contributed by atoms with Gasteiger partial charge in [0.25, 0.3) is 5.91 Å². The van der Waals surface area contributed by atoms with Crippen molar-refractivity contribution in [1.82, 2.24) is 5.43 Å². The molecule has 0 atom stereocenters. The first-order valence-electron chi connectivity index (χ1n) is 7.69. The van der Waals surface area contributed by atoms with Crippen molar-refractivity contribution in [2.75, 3.05) is 5.01 Å². The molecule has 24 heavy (non-hydrogen) atoms. The predicted molar refractivity (Wildman–Crippen MR) is 101 cm³/mol. The van der Waals surface area contributed by atoms with Gasteiger partial charge in [-0.3, -0.25) is 15.2 Å². The minimum Gasteiger partial charge on any atom is -0.281 e. The van der Waals surface area contributed by atoms with Gasteiger partial charge in [-0.15, -0.1) is 0 Å². The molecule has 0 radical (unpaired) electrons. The van der Waals surface area contributed by atoms with Gasteiger partial charge in [0, 0.05) is 6.08 Å². The summed E-state index contributed by atoms with van der Waals surface area (Å²) < 4.78 is 0. The van der Waals surface area contributed by atoms with E-state index in [1.807, 2.05) is 88.6 Å². The molecule has 1 amide bonds. The number of benzene rings is 2. The summed E-state index contributed by atoms with van der Waals surface area (Å²) in [4.78, 5) is 12.3. The molecule has 3 nitrogen and oxygen atoms in total. The molecular weight excluding hydrogens is 316 g/mol. The number of hydrazine groups is 1. The Labute approximate surface area is 145 Å². The standard InChI is InChI=1S/C20H18N2OS/c23-20(12-11-18-13-14-24-16-18)21-22(19-9-5-2-6-10-19)15-17-7-3-1-4-8-17/h1-14,16H,15H2,(H,21,23). The molecule has 0 saturated carbocycles. The van der Waals surface area contributed by atoms with E-state index in [1.165, 1.54) is 0 Å². The van der Waals surface area contributed by atoms with Gasteiger partial charge in [-0.2, -0.15) is 11.3 Å². The molecule has 1 heterocycles. The molecular formula is C20H18N2OS. The van der Waals surface area contributed by atoms with Crippen LogP contribution >= 0.6 is 11.3 Å². The quantitative estimate of drug-likeness (QED) is 0.532. The Bertz CT molecular complexity index is 783. The molecule has 1 aromatic heterocycles. The van der Waals surface area contributed by atoms with E-state index in [-0.39, 0.29) is 5.91 Å². The Morgan fingerprint density at radius 3 is 2.38 bits per heavy atom. The minimum atomic E-state index is -0.152. The van der Waals surface area contributed by atoms with Crippen molar-refractivity contribution < 1.29 is 4.79 Å². The third-order valence-electron chi connectivity index (χ3n) is 3.47. The van der Waals surface area contributed by atoms with Crippen LogP contribution in [0.1, 0.15) is 11.1 Å². The lowest BCUT2D eigenvalue weighted by Crippen LogP contribution is -2.41. The number of carbonyl (C=O) groups excluding carboxylic acids is 1. The summed E-state index contributed by atoms with van der Waals surface area (Å²) in [5.41, 5.74) is 6.06. The zero-order valence-electron chi connectivity index (χ0n) is 13.1. The number of hydrogen-bond donors (Lipinski definition) is 1. The Balaban J connectivity index is 1.73. The number of amides is 1. The zero-order valence-corrected chi connectivity index (χ0v) is 13.9. The molecule has 0 aliphatic rings. The molecule has 0 unspecified atom stereocenters. The second kappa shape index (κ2) is 8.13. The van der Waals surface area contributed by atoms with E-state index in [2.05, 4.69) is 5.43 Å². The van der Waals surface area contributed by atoms with Crippen molar-refractivity contribution >= 4 is 29.0 Å². The van der Waals surface area contributed by atoms with Gasteiger partial charge in [0.2, 0.25) is 0 Å². The fourth-order valence-corrected chi connectivity index (χ4v) is 2.91. The van der Waals surface area contributed by atoms with Crippen LogP contribution in [0.4, 0.5) is 5.69 Å². The van der Waals surface area contributed by atoms with Crippen LogP contribution in [-0.4, -0.2) is 5.91 Å². The fourth-order valence-electron chi connectivity index (χ4n) is 2.28. The van der Waals surface area contributed by atoms with E-state index < -0.39 is 0 Å². The number of anilines is 1. The van der Waals surface area contributed by atoms with Crippen molar-refractivity contribution in [1.29, 1.82) is 0 Å². The summed E-state index contributed by atoms with van der Waals surface area (Å²) in [5, 5.41) is 5.85. The summed E-state index contributed by atoms with van der Waals surface area (Å²) in [7, 11) is 0. The van der Waals surface area contributed by atoms with Crippen molar-refractivity contribution in [3.05, 3.63) is 94.7 Å². The van der Waals surface area contributed by atoms with Crippen molar-refractivity contribution in [2.24, 2.45) is 0 Å². The predicted octanol–water partition coefficient (Wildman–Crippen LogP) is 4.50. The second-order valence-electron chi connectivity index (χ2n) is 5.27. The normalized spacial score (nSPS) is 10.7. The van der Waals surface area contributed by atoms with Crippen LogP contribution < -0.4 is 10.4 Å². The van der Waals surface area contributed by atoms with E-state index in [4.69, 9.17) is 0 Å². The van der Waals surface area contributed by atoms with Crippen LogP contribution in [0.5, 0.6) is 0 Å². The number of nitrogens with zero attached hydrogens (tertiary/aromatic N) is 1. The maximum Gasteiger partial charge on any atom is 0.262 e. The first kappa shape index (κ1) is 16.0. The average Bonchev–Trinajstić information content (AvgIpc) is 3.15. The summed E-state index contributed by atoms with van der Waals surface area (Å²) in [6.07, 6.45) is 3.38. The van der Waals surface area contributed by atoms with Gasteiger partial charge < -0.3 is 0 Å². The molecule has 0 fully saturated rings. The molecule has 4 heteroatoms.